The summed E-state index contributed by atoms with van der Waals surface area (Å²) in [4.78, 5) is 25.5. The maximum Gasteiger partial charge on any atom is 0.321 e. The van der Waals surface area contributed by atoms with Gasteiger partial charge in [-0.05, 0) is 32.4 Å². The van der Waals surface area contributed by atoms with Crippen LogP contribution in [0.1, 0.15) is 18.2 Å². The van der Waals surface area contributed by atoms with Crippen molar-refractivity contribution < 1.29 is 4.79 Å². The molecule has 0 spiro atoms. The van der Waals surface area contributed by atoms with Crippen LogP contribution in [0.15, 0.2) is 30.3 Å². The fourth-order valence-corrected chi connectivity index (χ4v) is 3.00. The molecule has 0 unspecified atom stereocenters. The molecule has 2 heterocycles. The summed E-state index contributed by atoms with van der Waals surface area (Å²) in [5.41, 5.74) is 2.86. The van der Waals surface area contributed by atoms with Gasteiger partial charge >= 0.3 is 6.03 Å². The Morgan fingerprint density at radius 1 is 1.12 bits per heavy atom. The fourth-order valence-electron chi connectivity index (χ4n) is 3.00. The van der Waals surface area contributed by atoms with Crippen molar-refractivity contribution in [3.8, 4) is 0 Å². The molecule has 1 aromatic carbocycles. The number of anilines is 3. The van der Waals surface area contributed by atoms with Gasteiger partial charge in [0.25, 0.3) is 0 Å². The predicted octanol–water partition coefficient (Wildman–Crippen LogP) is 2.88. The van der Waals surface area contributed by atoms with Gasteiger partial charge in [0.2, 0.25) is 5.95 Å². The first-order valence-corrected chi connectivity index (χ1v) is 9.03. The number of nitrogens with zero attached hydrogens (tertiary/aromatic N) is 4. The number of para-hydroxylation sites is 1. The Morgan fingerprint density at radius 2 is 1.85 bits per heavy atom. The van der Waals surface area contributed by atoms with E-state index in [4.69, 9.17) is 0 Å². The van der Waals surface area contributed by atoms with Crippen LogP contribution in [0.5, 0.6) is 0 Å². The van der Waals surface area contributed by atoms with Gasteiger partial charge in [-0.25, -0.2) is 9.78 Å². The highest BCUT2D eigenvalue weighted by Crippen LogP contribution is 2.18. The van der Waals surface area contributed by atoms with Crippen molar-refractivity contribution >= 4 is 23.5 Å². The largest absolute Gasteiger partial charge is 0.354 e. The van der Waals surface area contributed by atoms with E-state index in [2.05, 4.69) is 25.5 Å². The average Bonchev–Trinajstić information content (AvgIpc) is 2.63. The molecule has 138 valence electrons. The zero-order valence-corrected chi connectivity index (χ0v) is 15.6. The summed E-state index contributed by atoms with van der Waals surface area (Å²) < 4.78 is 0. The summed E-state index contributed by atoms with van der Waals surface area (Å²) in [6.07, 6.45) is 0. The summed E-state index contributed by atoms with van der Waals surface area (Å²) in [5, 5.41) is 6.17. The van der Waals surface area contributed by atoms with Gasteiger partial charge in [-0.1, -0.05) is 18.2 Å². The summed E-state index contributed by atoms with van der Waals surface area (Å²) >= 11 is 0. The van der Waals surface area contributed by atoms with Crippen molar-refractivity contribution in [3.63, 3.8) is 0 Å². The lowest BCUT2D eigenvalue weighted by atomic mass is 10.2. The number of rotatable bonds is 4. The van der Waals surface area contributed by atoms with Crippen LogP contribution in [-0.4, -0.2) is 53.6 Å². The molecule has 0 bridgehead atoms. The molecule has 7 nitrogen and oxygen atoms in total. The Bertz CT molecular complexity index is 770. The minimum atomic E-state index is -0.0499. The van der Waals surface area contributed by atoms with Gasteiger partial charge in [0, 0.05) is 50.2 Å². The van der Waals surface area contributed by atoms with Crippen LogP contribution in [0.4, 0.5) is 22.2 Å². The van der Waals surface area contributed by atoms with Crippen LogP contribution in [-0.2, 0) is 0 Å². The molecule has 0 atom stereocenters. The first-order chi connectivity index (χ1) is 12.6. The minimum Gasteiger partial charge on any atom is -0.354 e. The number of piperazine rings is 1. The Labute approximate surface area is 154 Å². The average molecular weight is 354 g/mol. The number of nitrogens with one attached hydrogen (secondary N) is 2. The van der Waals surface area contributed by atoms with E-state index < -0.39 is 0 Å². The van der Waals surface area contributed by atoms with Gasteiger partial charge in [-0.2, -0.15) is 4.98 Å². The Balaban J connectivity index is 1.60. The molecule has 2 amide bonds. The second-order valence-electron chi connectivity index (χ2n) is 6.44. The molecule has 1 aliphatic rings. The molecule has 1 fully saturated rings. The molecule has 1 aromatic heterocycles. The Kier molecular flexibility index (Phi) is 5.55. The number of carbonyl (C=O) groups excluding carboxylic acids is 1. The minimum absolute atomic E-state index is 0.0499. The van der Waals surface area contributed by atoms with Crippen molar-refractivity contribution in [3.05, 3.63) is 41.6 Å². The van der Waals surface area contributed by atoms with E-state index in [1.807, 2.05) is 56.0 Å². The SMILES string of the molecule is CCNc1nc(C)cc(N2CCN(C(=O)Nc3ccccc3C)CC2)n1. The standard InChI is InChI=1S/C19H26N6O/c1-4-20-18-21-15(3)13-17(23-18)24-9-11-25(12-10-24)19(26)22-16-8-6-5-7-14(16)2/h5-8,13H,4,9-12H2,1-3H3,(H,22,26)(H,20,21,23). The molecule has 0 radical (unpaired) electrons. The number of amides is 2. The third-order valence-electron chi connectivity index (χ3n) is 4.45. The van der Waals surface area contributed by atoms with Gasteiger partial charge < -0.3 is 20.4 Å². The number of hydrogen-bond donors (Lipinski definition) is 2. The number of aryl methyl sites for hydroxylation is 2. The summed E-state index contributed by atoms with van der Waals surface area (Å²) in [7, 11) is 0. The van der Waals surface area contributed by atoms with E-state index in [-0.39, 0.29) is 6.03 Å². The molecule has 1 saturated heterocycles. The van der Waals surface area contributed by atoms with E-state index in [1.165, 1.54) is 0 Å². The molecular formula is C19H26N6O. The number of urea groups is 1. The topological polar surface area (TPSA) is 73.4 Å². The lowest BCUT2D eigenvalue weighted by molar-refractivity contribution is 0.208. The zero-order valence-electron chi connectivity index (χ0n) is 15.6. The third kappa shape index (κ3) is 4.22. The van der Waals surface area contributed by atoms with Crippen LogP contribution in [0.3, 0.4) is 0 Å². The number of hydrogen-bond acceptors (Lipinski definition) is 5. The molecule has 26 heavy (non-hydrogen) atoms. The highest BCUT2D eigenvalue weighted by atomic mass is 16.2. The summed E-state index contributed by atoms with van der Waals surface area (Å²) in [6.45, 7) is 9.61. The fraction of sp³-hybridized carbons (Fsp3) is 0.421. The van der Waals surface area contributed by atoms with Gasteiger partial charge in [0.15, 0.2) is 0 Å². The predicted molar refractivity (Wildman–Crippen MR) is 105 cm³/mol. The molecule has 0 saturated carbocycles. The van der Waals surface area contributed by atoms with Crippen LogP contribution < -0.4 is 15.5 Å². The van der Waals surface area contributed by atoms with Crippen LogP contribution in [0.2, 0.25) is 0 Å². The van der Waals surface area contributed by atoms with E-state index in [1.54, 1.807) is 0 Å². The monoisotopic (exact) mass is 354 g/mol. The normalized spacial score (nSPS) is 14.3. The lowest BCUT2D eigenvalue weighted by Gasteiger charge is -2.35. The number of carbonyl (C=O) groups is 1. The molecule has 0 aliphatic carbocycles. The van der Waals surface area contributed by atoms with Crippen molar-refractivity contribution in [1.29, 1.82) is 0 Å². The van der Waals surface area contributed by atoms with Gasteiger partial charge in [-0.15, -0.1) is 0 Å². The van der Waals surface area contributed by atoms with Gasteiger partial charge in [0.05, 0.1) is 0 Å². The molecule has 2 N–H and O–H groups in total. The highest BCUT2D eigenvalue weighted by molar-refractivity contribution is 5.90. The van der Waals surface area contributed by atoms with E-state index in [0.717, 1.165) is 42.4 Å². The Hall–Kier alpha value is -2.83. The molecule has 7 heteroatoms. The van der Waals surface area contributed by atoms with Crippen LogP contribution in [0.25, 0.3) is 0 Å². The zero-order chi connectivity index (χ0) is 18.5. The summed E-state index contributed by atoms with van der Waals surface area (Å²) in [5.74, 6) is 1.56. The van der Waals surface area contributed by atoms with E-state index in [9.17, 15) is 4.79 Å². The van der Waals surface area contributed by atoms with Gasteiger partial charge in [-0.3, -0.25) is 0 Å². The van der Waals surface area contributed by atoms with Crippen LogP contribution >= 0.6 is 0 Å². The lowest BCUT2D eigenvalue weighted by Crippen LogP contribution is -2.50. The first-order valence-electron chi connectivity index (χ1n) is 9.03. The van der Waals surface area contributed by atoms with Gasteiger partial charge in [0.1, 0.15) is 5.82 Å². The second kappa shape index (κ2) is 8.03. The quantitative estimate of drug-likeness (QED) is 0.883. The number of benzene rings is 1. The maximum atomic E-state index is 12.5. The molecule has 3 rings (SSSR count). The second-order valence-corrected chi connectivity index (χ2v) is 6.44. The summed E-state index contributed by atoms with van der Waals surface area (Å²) in [6, 6.07) is 9.76. The molecular weight excluding hydrogens is 328 g/mol. The van der Waals surface area contributed by atoms with Crippen LogP contribution in [0, 0.1) is 13.8 Å². The van der Waals surface area contributed by atoms with Crippen molar-refractivity contribution in [2.24, 2.45) is 0 Å². The van der Waals surface area contributed by atoms with Crippen molar-refractivity contribution in [2.45, 2.75) is 20.8 Å². The highest BCUT2D eigenvalue weighted by Gasteiger charge is 2.22. The van der Waals surface area contributed by atoms with Crippen molar-refractivity contribution in [1.82, 2.24) is 14.9 Å². The maximum absolute atomic E-state index is 12.5. The molecule has 2 aromatic rings. The molecule has 1 aliphatic heterocycles. The van der Waals surface area contributed by atoms with E-state index in [0.29, 0.717) is 19.0 Å². The smallest absolute Gasteiger partial charge is 0.321 e. The van der Waals surface area contributed by atoms with Crippen molar-refractivity contribution in [2.75, 3.05) is 48.3 Å². The number of aromatic nitrogens is 2. The Morgan fingerprint density at radius 3 is 2.54 bits per heavy atom. The first kappa shape index (κ1) is 18.0. The van der Waals surface area contributed by atoms with E-state index >= 15 is 0 Å². The third-order valence-corrected chi connectivity index (χ3v) is 4.45.